The quantitative estimate of drug-likeness (QED) is 0.788. The maximum absolute atomic E-state index is 13.0. The highest BCUT2D eigenvalue weighted by atomic mass is 16.2. The number of nitrogens with one attached hydrogen (secondary N) is 1. The minimum absolute atomic E-state index is 0.00138. The number of likely N-dealkylation sites (tertiary alicyclic amines) is 1. The maximum Gasteiger partial charge on any atom is 0.274 e. The molecular formula is C20H22N4O2. The predicted molar refractivity (Wildman–Crippen MR) is 100 cm³/mol. The number of aryl methyl sites for hydroxylation is 1. The summed E-state index contributed by atoms with van der Waals surface area (Å²) in [6.45, 7) is 1.48. The standard InChI is InChI=1S/C20H22N4O2/c1-23-13-17(16-5-9-22-18(16)20(23)26)19(25)24-10-6-14(7-11-24)12-15-4-2-3-8-21-15/h2-5,8-9,13-14,22H,6-7,10-12H2,1H3. The first-order chi connectivity index (χ1) is 12.6. The van der Waals surface area contributed by atoms with E-state index in [0.717, 1.165) is 38.0 Å². The summed E-state index contributed by atoms with van der Waals surface area (Å²) in [4.78, 5) is 34.4. The lowest BCUT2D eigenvalue weighted by atomic mass is 9.91. The number of nitrogens with zero attached hydrogens (tertiary/aromatic N) is 3. The second kappa shape index (κ2) is 6.78. The van der Waals surface area contributed by atoms with Crippen molar-refractivity contribution >= 4 is 16.8 Å². The fourth-order valence-electron chi connectivity index (χ4n) is 3.76. The number of carbonyl (C=O) groups is 1. The van der Waals surface area contributed by atoms with E-state index in [-0.39, 0.29) is 11.5 Å². The Morgan fingerprint density at radius 3 is 2.81 bits per heavy atom. The number of amides is 1. The SMILES string of the molecule is Cn1cc(C(=O)N2CCC(Cc3ccccn3)CC2)c2cc[nH]c2c1=O. The molecule has 1 saturated heterocycles. The molecule has 0 saturated carbocycles. The molecule has 3 aromatic rings. The zero-order valence-corrected chi connectivity index (χ0v) is 14.8. The van der Waals surface area contributed by atoms with Crippen molar-refractivity contribution in [1.29, 1.82) is 0 Å². The highest BCUT2D eigenvalue weighted by molar-refractivity contribution is 6.05. The van der Waals surface area contributed by atoms with Gasteiger partial charge in [0.15, 0.2) is 0 Å². The molecule has 1 N–H and O–H groups in total. The van der Waals surface area contributed by atoms with Crippen LogP contribution in [0.2, 0.25) is 0 Å². The number of aromatic amines is 1. The van der Waals surface area contributed by atoms with Crippen molar-refractivity contribution < 1.29 is 4.79 Å². The second-order valence-corrected chi connectivity index (χ2v) is 6.99. The van der Waals surface area contributed by atoms with Crippen molar-refractivity contribution in [2.75, 3.05) is 13.1 Å². The Morgan fingerprint density at radius 1 is 1.27 bits per heavy atom. The van der Waals surface area contributed by atoms with Gasteiger partial charge in [0.05, 0.1) is 5.56 Å². The number of carbonyl (C=O) groups excluding carboxylic acids is 1. The average molecular weight is 350 g/mol. The van der Waals surface area contributed by atoms with E-state index in [9.17, 15) is 9.59 Å². The Kier molecular flexibility index (Phi) is 4.32. The lowest BCUT2D eigenvalue weighted by molar-refractivity contribution is 0.0691. The van der Waals surface area contributed by atoms with E-state index in [2.05, 4.69) is 16.0 Å². The molecule has 1 aliphatic rings. The van der Waals surface area contributed by atoms with Gasteiger partial charge in [-0.2, -0.15) is 0 Å². The average Bonchev–Trinajstić information content (AvgIpc) is 3.16. The number of H-pyrrole nitrogens is 1. The molecule has 0 aliphatic carbocycles. The molecule has 6 heteroatoms. The van der Waals surface area contributed by atoms with Crippen LogP contribution in [-0.4, -0.2) is 38.4 Å². The van der Waals surface area contributed by atoms with Crippen LogP contribution in [0.15, 0.2) is 47.7 Å². The van der Waals surface area contributed by atoms with Crippen LogP contribution in [0.3, 0.4) is 0 Å². The number of fused-ring (bicyclic) bond motifs is 1. The van der Waals surface area contributed by atoms with Gasteiger partial charge in [0.1, 0.15) is 5.52 Å². The zero-order chi connectivity index (χ0) is 18.1. The van der Waals surface area contributed by atoms with Crippen LogP contribution < -0.4 is 5.56 Å². The van der Waals surface area contributed by atoms with Gasteiger partial charge in [0.25, 0.3) is 11.5 Å². The fraction of sp³-hybridized carbons (Fsp3) is 0.350. The van der Waals surface area contributed by atoms with E-state index < -0.39 is 0 Å². The third-order valence-electron chi connectivity index (χ3n) is 5.25. The van der Waals surface area contributed by atoms with Crippen molar-refractivity contribution in [1.82, 2.24) is 19.4 Å². The number of hydrogen-bond acceptors (Lipinski definition) is 3. The molecule has 1 amide bonds. The highest BCUT2D eigenvalue weighted by Gasteiger charge is 2.26. The van der Waals surface area contributed by atoms with Crippen LogP contribution in [0.1, 0.15) is 28.9 Å². The zero-order valence-electron chi connectivity index (χ0n) is 14.8. The molecule has 0 aromatic carbocycles. The van der Waals surface area contributed by atoms with Crippen molar-refractivity contribution in [3.63, 3.8) is 0 Å². The lowest BCUT2D eigenvalue weighted by Gasteiger charge is -2.32. The molecule has 4 rings (SSSR count). The summed E-state index contributed by atoms with van der Waals surface area (Å²) < 4.78 is 1.47. The van der Waals surface area contributed by atoms with Crippen molar-refractivity contribution in [3.8, 4) is 0 Å². The summed E-state index contributed by atoms with van der Waals surface area (Å²) in [7, 11) is 1.68. The number of rotatable bonds is 3. The van der Waals surface area contributed by atoms with Crippen LogP contribution in [0, 0.1) is 5.92 Å². The third-order valence-corrected chi connectivity index (χ3v) is 5.25. The van der Waals surface area contributed by atoms with Gasteiger partial charge < -0.3 is 14.5 Å². The van der Waals surface area contributed by atoms with E-state index in [1.807, 2.05) is 23.2 Å². The molecule has 0 unspecified atom stereocenters. The number of aromatic nitrogens is 3. The largest absolute Gasteiger partial charge is 0.357 e. The van der Waals surface area contributed by atoms with Gasteiger partial charge in [-0.25, -0.2) is 0 Å². The van der Waals surface area contributed by atoms with Crippen LogP contribution in [-0.2, 0) is 13.5 Å². The highest BCUT2D eigenvalue weighted by Crippen LogP contribution is 2.24. The topological polar surface area (TPSA) is 71.0 Å². The molecule has 0 bridgehead atoms. The molecule has 0 atom stereocenters. The number of piperidine rings is 1. The predicted octanol–water partition coefficient (Wildman–Crippen LogP) is 2.36. The second-order valence-electron chi connectivity index (χ2n) is 6.99. The van der Waals surface area contributed by atoms with Crippen molar-refractivity contribution in [3.05, 3.63) is 64.5 Å². The Hall–Kier alpha value is -2.89. The van der Waals surface area contributed by atoms with Crippen molar-refractivity contribution in [2.45, 2.75) is 19.3 Å². The minimum atomic E-state index is -0.115. The van der Waals surface area contributed by atoms with E-state index >= 15 is 0 Å². The molecule has 1 aliphatic heterocycles. The summed E-state index contributed by atoms with van der Waals surface area (Å²) in [5, 5.41) is 0.703. The smallest absolute Gasteiger partial charge is 0.274 e. The Bertz CT molecular complexity index is 982. The third kappa shape index (κ3) is 3.03. The molecular weight excluding hydrogens is 328 g/mol. The first-order valence-corrected chi connectivity index (χ1v) is 8.99. The number of pyridine rings is 2. The van der Waals surface area contributed by atoms with Gasteiger partial charge in [-0.1, -0.05) is 6.07 Å². The van der Waals surface area contributed by atoms with Gasteiger partial charge >= 0.3 is 0 Å². The van der Waals surface area contributed by atoms with E-state index in [4.69, 9.17) is 0 Å². The molecule has 26 heavy (non-hydrogen) atoms. The van der Waals surface area contributed by atoms with Crippen LogP contribution in [0.25, 0.3) is 10.9 Å². The Morgan fingerprint density at radius 2 is 2.08 bits per heavy atom. The summed E-state index contributed by atoms with van der Waals surface area (Å²) in [6, 6.07) is 7.81. The maximum atomic E-state index is 13.0. The summed E-state index contributed by atoms with van der Waals surface area (Å²) in [6.07, 6.45) is 8.11. The molecule has 134 valence electrons. The van der Waals surface area contributed by atoms with Gasteiger partial charge in [-0.3, -0.25) is 14.6 Å². The summed E-state index contributed by atoms with van der Waals surface area (Å²) >= 11 is 0. The molecule has 6 nitrogen and oxygen atoms in total. The molecule has 0 spiro atoms. The lowest BCUT2D eigenvalue weighted by Crippen LogP contribution is -2.39. The molecule has 3 aromatic heterocycles. The Balaban J connectivity index is 1.48. The van der Waals surface area contributed by atoms with Gasteiger partial charge in [-0.05, 0) is 43.4 Å². The monoisotopic (exact) mass is 350 g/mol. The van der Waals surface area contributed by atoms with Crippen molar-refractivity contribution in [2.24, 2.45) is 13.0 Å². The molecule has 0 radical (unpaired) electrons. The number of hydrogen-bond donors (Lipinski definition) is 1. The minimum Gasteiger partial charge on any atom is -0.357 e. The summed E-state index contributed by atoms with van der Waals surface area (Å²) in [5.74, 6) is 0.558. The Labute approximate surface area is 151 Å². The van der Waals surface area contributed by atoms with E-state index in [0.29, 0.717) is 22.4 Å². The van der Waals surface area contributed by atoms with E-state index in [1.54, 1.807) is 25.5 Å². The van der Waals surface area contributed by atoms with Gasteiger partial charge in [-0.15, -0.1) is 0 Å². The normalized spacial score (nSPS) is 15.5. The van der Waals surface area contributed by atoms with Crippen LogP contribution in [0.4, 0.5) is 0 Å². The van der Waals surface area contributed by atoms with Crippen LogP contribution in [0.5, 0.6) is 0 Å². The fourth-order valence-corrected chi connectivity index (χ4v) is 3.76. The first kappa shape index (κ1) is 16.6. The van der Waals surface area contributed by atoms with Crippen LogP contribution >= 0.6 is 0 Å². The van der Waals surface area contributed by atoms with E-state index in [1.165, 1.54) is 4.57 Å². The summed E-state index contributed by atoms with van der Waals surface area (Å²) in [5.41, 5.74) is 2.08. The molecule has 4 heterocycles. The van der Waals surface area contributed by atoms with Gasteiger partial charge in [0, 0.05) is 49.8 Å². The first-order valence-electron chi connectivity index (χ1n) is 8.99. The molecule has 1 fully saturated rings. The van der Waals surface area contributed by atoms with Gasteiger partial charge in [0.2, 0.25) is 0 Å².